The van der Waals surface area contributed by atoms with Gasteiger partial charge in [0.05, 0.1) is 17.2 Å². The fourth-order valence-corrected chi connectivity index (χ4v) is 3.95. The number of fused-ring (bicyclic) bond motifs is 1. The molecule has 1 amide bonds. The van der Waals surface area contributed by atoms with E-state index in [2.05, 4.69) is 22.0 Å². The zero-order valence-corrected chi connectivity index (χ0v) is 16.0. The molecule has 6 nitrogen and oxygen atoms in total. The van der Waals surface area contributed by atoms with Crippen LogP contribution in [0.3, 0.4) is 0 Å². The molecule has 1 aromatic carbocycles. The molecule has 2 aliphatic rings. The first-order chi connectivity index (χ1) is 13.0. The van der Waals surface area contributed by atoms with Crippen molar-refractivity contribution in [2.45, 2.75) is 32.7 Å². The Morgan fingerprint density at radius 2 is 1.81 bits per heavy atom. The van der Waals surface area contributed by atoms with E-state index in [1.54, 1.807) is 10.9 Å². The highest BCUT2D eigenvalue weighted by Crippen LogP contribution is 2.24. The Bertz CT molecular complexity index is 931. The second-order valence-electron chi connectivity index (χ2n) is 7.70. The Morgan fingerprint density at radius 3 is 2.48 bits per heavy atom. The third kappa shape index (κ3) is 3.36. The average molecular weight is 366 g/mol. The van der Waals surface area contributed by atoms with Gasteiger partial charge in [0.25, 0.3) is 5.56 Å². The van der Waals surface area contributed by atoms with Crippen molar-refractivity contribution >= 4 is 22.5 Å². The molecule has 1 saturated heterocycles. The van der Waals surface area contributed by atoms with Crippen LogP contribution in [0.1, 0.15) is 32.7 Å². The molecule has 0 unspecified atom stereocenters. The third-order valence-electron chi connectivity index (χ3n) is 5.64. The number of amides is 1. The lowest BCUT2D eigenvalue weighted by molar-refractivity contribution is -0.135. The summed E-state index contributed by atoms with van der Waals surface area (Å²) < 4.78 is 1.66. The molecule has 0 radical (unpaired) electrons. The molecule has 0 saturated carbocycles. The first-order valence-corrected chi connectivity index (χ1v) is 9.74. The number of benzene rings is 1. The molecule has 0 atom stereocenters. The van der Waals surface area contributed by atoms with E-state index < -0.39 is 0 Å². The highest BCUT2D eigenvalue weighted by molar-refractivity contribution is 5.82. The smallest absolute Gasteiger partial charge is 0.261 e. The minimum Gasteiger partial charge on any atom is -0.368 e. The van der Waals surface area contributed by atoms with Crippen LogP contribution in [0.5, 0.6) is 0 Å². The van der Waals surface area contributed by atoms with E-state index >= 15 is 0 Å². The number of aromatic nitrogens is 2. The molecule has 142 valence electrons. The van der Waals surface area contributed by atoms with Crippen LogP contribution in [0.25, 0.3) is 10.9 Å². The molecule has 2 heterocycles. The second-order valence-corrected chi connectivity index (χ2v) is 7.70. The molecular weight excluding hydrogens is 340 g/mol. The summed E-state index contributed by atoms with van der Waals surface area (Å²) >= 11 is 0. The topological polar surface area (TPSA) is 58.4 Å². The molecule has 0 N–H and O–H groups in total. The summed E-state index contributed by atoms with van der Waals surface area (Å²) in [6.07, 6.45) is 7.60. The van der Waals surface area contributed by atoms with Crippen LogP contribution >= 0.6 is 0 Å². The predicted octanol–water partition coefficient (Wildman–Crippen LogP) is 2.59. The number of carbonyl (C=O) groups is 1. The number of carbonyl (C=O) groups excluding carboxylic acids is 1. The van der Waals surface area contributed by atoms with Crippen molar-refractivity contribution in [2.24, 2.45) is 5.92 Å². The van der Waals surface area contributed by atoms with Gasteiger partial charge in [0, 0.05) is 43.8 Å². The summed E-state index contributed by atoms with van der Waals surface area (Å²) in [6, 6.07) is 5.95. The average Bonchev–Trinajstić information content (AvgIpc) is 3.22. The van der Waals surface area contributed by atoms with E-state index in [9.17, 15) is 9.59 Å². The fraction of sp³-hybridized carbons (Fsp3) is 0.476. The van der Waals surface area contributed by atoms with Gasteiger partial charge < -0.3 is 9.80 Å². The number of hydrogen-bond donors (Lipinski definition) is 0. The highest BCUT2D eigenvalue weighted by Gasteiger charge is 2.27. The SMILES string of the molecule is CC(C)n1cnc2cc(N3CCN(C(=O)C4CC=CC4)CC3)ccc2c1=O. The normalized spacial score (nSPS) is 18.0. The molecule has 2 aromatic rings. The Hall–Kier alpha value is -2.63. The third-order valence-corrected chi connectivity index (χ3v) is 5.64. The summed E-state index contributed by atoms with van der Waals surface area (Å²) in [7, 11) is 0. The largest absolute Gasteiger partial charge is 0.368 e. The molecule has 1 aliphatic carbocycles. The van der Waals surface area contributed by atoms with Crippen molar-refractivity contribution in [3.8, 4) is 0 Å². The van der Waals surface area contributed by atoms with E-state index in [1.807, 2.05) is 36.9 Å². The van der Waals surface area contributed by atoms with Crippen molar-refractivity contribution in [3.63, 3.8) is 0 Å². The van der Waals surface area contributed by atoms with Gasteiger partial charge in [0.2, 0.25) is 5.91 Å². The lowest BCUT2D eigenvalue weighted by Crippen LogP contribution is -2.50. The number of hydrogen-bond acceptors (Lipinski definition) is 4. The summed E-state index contributed by atoms with van der Waals surface area (Å²) in [5.74, 6) is 0.429. The summed E-state index contributed by atoms with van der Waals surface area (Å²) in [6.45, 7) is 7.06. The zero-order chi connectivity index (χ0) is 19.0. The van der Waals surface area contributed by atoms with Crippen LogP contribution in [0, 0.1) is 5.92 Å². The van der Waals surface area contributed by atoms with E-state index in [0.717, 1.165) is 50.2 Å². The molecule has 1 fully saturated rings. The van der Waals surface area contributed by atoms with E-state index in [4.69, 9.17) is 0 Å². The van der Waals surface area contributed by atoms with Crippen molar-refractivity contribution < 1.29 is 4.79 Å². The first kappa shape index (κ1) is 17.8. The Balaban J connectivity index is 1.48. The van der Waals surface area contributed by atoms with Crippen LogP contribution in [0.2, 0.25) is 0 Å². The lowest BCUT2D eigenvalue weighted by Gasteiger charge is -2.37. The number of nitrogens with zero attached hydrogens (tertiary/aromatic N) is 4. The van der Waals surface area contributed by atoms with Crippen molar-refractivity contribution in [2.75, 3.05) is 31.1 Å². The van der Waals surface area contributed by atoms with E-state index in [-0.39, 0.29) is 23.4 Å². The van der Waals surface area contributed by atoms with Gasteiger partial charge in [-0.15, -0.1) is 0 Å². The maximum Gasteiger partial charge on any atom is 0.261 e. The van der Waals surface area contributed by atoms with Crippen LogP contribution in [-0.2, 0) is 4.79 Å². The molecule has 27 heavy (non-hydrogen) atoms. The number of rotatable bonds is 3. The van der Waals surface area contributed by atoms with E-state index in [1.165, 1.54) is 0 Å². The van der Waals surface area contributed by atoms with Gasteiger partial charge in [-0.05, 0) is 44.9 Å². The molecular formula is C21H26N4O2. The Labute approximate surface area is 159 Å². The van der Waals surface area contributed by atoms with Crippen LogP contribution in [0.4, 0.5) is 5.69 Å². The van der Waals surface area contributed by atoms with Crippen LogP contribution < -0.4 is 10.5 Å². The molecule has 4 rings (SSSR count). The minimum atomic E-state index is 0.00198. The van der Waals surface area contributed by atoms with Gasteiger partial charge in [0.15, 0.2) is 0 Å². The zero-order valence-electron chi connectivity index (χ0n) is 16.0. The van der Waals surface area contributed by atoms with Gasteiger partial charge in [-0.2, -0.15) is 0 Å². The summed E-state index contributed by atoms with van der Waals surface area (Å²) in [5, 5.41) is 0.650. The standard InChI is InChI=1S/C21H26N4O2/c1-15(2)25-14-22-19-13-17(7-8-18(19)21(25)27)23-9-11-24(12-10-23)20(26)16-5-3-4-6-16/h3-4,7-8,13-16H,5-6,9-12H2,1-2H3. The summed E-state index contributed by atoms with van der Waals surface area (Å²) in [4.78, 5) is 33.9. The lowest BCUT2D eigenvalue weighted by atomic mass is 10.1. The van der Waals surface area contributed by atoms with Gasteiger partial charge in [0.1, 0.15) is 0 Å². The maximum absolute atomic E-state index is 12.6. The highest BCUT2D eigenvalue weighted by atomic mass is 16.2. The molecule has 6 heteroatoms. The van der Waals surface area contributed by atoms with Gasteiger partial charge in [-0.1, -0.05) is 12.2 Å². The van der Waals surface area contributed by atoms with Crippen LogP contribution in [0.15, 0.2) is 41.5 Å². The minimum absolute atomic E-state index is 0.00198. The van der Waals surface area contributed by atoms with Crippen molar-refractivity contribution in [1.82, 2.24) is 14.5 Å². The van der Waals surface area contributed by atoms with Gasteiger partial charge in [-0.25, -0.2) is 4.98 Å². The molecule has 0 bridgehead atoms. The molecule has 1 aliphatic heterocycles. The van der Waals surface area contributed by atoms with Crippen LogP contribution in [-0.4, -0.2) is 46.5 Å². The first-order valence-electron chi connectivity index (χ1n) is 9.74. The van der Waals surface area contributed by atoms with Crippen molar-refractivity contribution in [1.29, 1.82) is 0 Å². The molecule has 0 spiro atoms. The fourth-order valence-electron chi connectivity index (χ4n) is 3.95. The molecule has 1 aromatic heterocycles. The quantitative estimate of drug-likeness (QED) is 0.784. The number of piperazine rings is 1. The summed E-state index contributed by atoms with van der Waals surface area (Å²) in [5.41, 5.74) is 1.79. The van der Waals surface area contributed by atoms with Gasteiger partial charge >= 0.3 is 0 Å². The predicted molar refractivity (Wildman–Crippen MR) is 107 cm³/mol. The van der Waals surface area contributed by atoms with Crippen molar-refractivity contribution in [3.05, 3.63) is 47.0 Å². The Morgan fingerprint density at radius 1 is 1.11 bits per heavy atom. The number of allylic oxidation sites excluding steroid dienone is 2. The maximum atomic E-state index is 12.6. The number of anilines is 1. The van der Waals surface area contributed by atoms with E-state index in [0.29, 0.717) is 5.39 Å². The van der Waals surface area contributed by atoms with Gasteiger partial charge in [-0.3, -0.25) is 14.2 Å². The second kappa shape index (κ2) is 7.18. The Kier molecular flexibility index (Phi) is 4.72. The monoisotopic (exact) mass is 366 g/mol.